The van der Waals surface area contributed by atoms with Crippen LogP contribution in [0, 0.1) is 13.8 Å². The van der Waals surface area contributed by atoms with E-state index in [1.165, 1.54) is 0 Å². The van der Waals surface area contributed by atoms with Gasteiger partial charge < -0.3 is 16.0 Å². The summed E-state index contributed by atoms with van der Waals surface area (Å²) in [6, 6.07) is 12.7. The molecular weight excluding hydrogens is 418 g/mol. The molecule has 0 unspecified atom stereocenters. The number of nitrogens with one attached hydrogen (secondary N) is 4. The van der Waals surface area contributed by atoms with Crippen LogP contribution in [0.2, 0.25) is 5.02 Å². The summed E-state index contributed by atoms with van der Waals surface area (Å²) < 4.78 is 0. The van der Waals surface area contributed by atoms with Crippen LogP contribution in [0.3, 0.4) is 0 Å². The number of hydrogen-bond acceptors (Lipinski definition) is 5. The molecule has 1 atom stereocenters. The molecule has 1 aromatic heterocycles. The monoisotopic (exact) mass is 437 g/mol. The predicted octanol–water partition coefficient (Wildman–Crippen LogP) is 3.85. The molecule has 3 aromatic rings. The van der Waals surface area contributed by atoms with Crippen molar-refractivity contribution in [3.8, 4) is 0 Å². The third-order valence-electron chi connectivity index (χ3n) is 4.96. The highest BCUT2D eigenvalue weighted by atomic mass is 35.5. The number of anilines is 4. The number of aromatic amines is 1. The Morgan fingerprint density at radius 1 is 1.10 bits per heavy atom. The third-order valence-corrected chi connectivity index (χ3v) is 5.28. The number of halogens is 1. The van der Waals surface area contributed by atoms with E-state index in [1.54, 1.807) is 18.2 Å². The van der Waals surface area contributed by atoms with Crippen LogP contribution in [0.1, 0.15) is 29.0 Å². The van der Waals surface area contributed by atoms with E-state index in [0.29, 0.717) is 10.7 Å². The van der Waals surface area contributed by atoms with Gasteiger partial charge in [0.15, 0.2) is 0 Å². The van der Waals surface area contributed by atoms with Crippen LogP contribution in [0.15, 0.2) is 47.3 Å². The topological polar surface area (TPSA) is 116 Å². The lowest BCUT2D eigenvalue weighted by Gasteiger charge is -2.24. The number of carbonyl (C=O) groups excluding carboxylic acids is 2. The van der Waals surface area contributed by atoms with Crippen LogP contribution in [0.5, 0.6) is 0 Å². The molecule has 2 heterocycles. The van der Waals surface area contributed by atoms with Gasteiger partial charge in [0.1, 0.15) is 5.82 Å². The molecule has 0 bridgehead atoms. The lowest BCUT2D eigenvalue weighted by Crippen LogP contribution is -2.36. The number of nitrogens with zero attached hydrogens (tertiary/aromatic N) is 1. The van der Waals surface area contributed by atoms with Crippen molar-refractivity contribution in [2.24, 2.45) is 0 Å². The molecule has 0 fully saturated rings. The number of fused-ring (bicyclic) bond motifs is 1. The second-order valence-corrected chi connectivity index (χ2v) is 7.85. The van der Waals surface area contributed by atoms with Gasteiger partial charge in [-0.3, -0.25) is 19.4 Å². The minimum atomic E-state index is -0.995. The van der Waals surface area contributed by atoms with Gasteiger partial charge in [0.25, 0.3) is 5.56 Å². The summed E-state index contributed by atoms with van der Waals surface area (Å²) in [5.41, 5.74) is 2.77. The first-order chi connectivity index (χ1) is 14.8. The van der Waals surface area contributed by atoms with E-state index < -0.39 is 23.3 Å². The summed E-state index contributed by atoms with van der Waals surface area (Å²) in [5.74, 6) is -1.68. The van der Waals surface area contributed by atoms with Crippen molar-refractivity contribution in [2.75, 3.05) is 16.0 Å². The highest BCUT2D eigenvalue weighted by Gasteiger charge is 2.35. The van der Waals surface area contributed by atoms with Crippen LogP contribution in [-0.2, 0) is 9.59 Å². The summed E-state index contributed by atoms with van der Waals surface area (Å²) in [4.78, 5) is 44.9. The molecule has 158 valence electrons. The van der Waals surface area contributed by atoms with Crippen LogP contribution in [-0.4, -0.2) is 21.8 Å². The Morgan fingerprint density at radius 3 is 2.52 bits per heavy atom. The van der Waals surface area contributed by atoms with Gasteiger partial charge in [0.05, 0.1) is 22.2 Å². The second kappa shape index (κ2) is 8.23. The molecule has 4 rings (SSSR count). The smallest absolute Gasteiger partial charge is 0.258 e. The van der Waals surface area contributed by atoms with Crippen molar-refractivity contribution in [2.45, 2.75) is 26.2 Å². The van der Waals surface area contributed by atoms with Gasteiger partial charge in [-0.1, -0.05) is 35.4 Å². The number of hydrogen-bond donors (Lipinski definition) is 4. The van der Waals surface area contributed by atoms with Crippen LogP contribution in [0.4, 0.5) is 23.1 Å². The third kappa shape index (κ3) is 4.44. The molecule has 0 saturated heterocycles. The van der Waals surface area contributed by atoms with Gasteiger partial charge in [-0.15, -0.1) is 0 Å². The van der Waals surface area contributed by atoms with Gasteiger partial charge >= 0.3 is 0 Å². The van der Waals surface area contributed by atoms with E-state index in [2.05, 4.69) is 25.9 Å². The molecule has 0 saturated carbocycles. The lowest BCUT2D eigenvalue weighted by molar-refractivity contribution is -0.123. The van der Waals surface area contributed by atoms with E-state index >= 15 is 0 Å². The maximum absolute atomic E-state index is 12.9. The first-order valence-electron chi connectivity index (χ1n) is 9.65. The van der Waals surface area contributed by atoms with Crippen molar-refractivity contribution >= 4 is 46.6 Å². The molecule has 2 aromatic carbocycles. The molecule has 0 aliphatic carbocycles. The fourth-order valence-electron chi connectivity index (χ4n) is 3.37. The van der Waals surface area contributed by atoms with Crippen LogP contribution < -0.4 is 21.5 Å². The molecule has 0 spiro atoms. The summed E-state index contributed by atoms with van der Waals surface area (Å²) in [6.45, 7) is 3.85. The van der Waals surface area contributed by atoms with Gasteiger partial charge in [0, 0.05) is 12.1 Å². The normalized spacial score (nSPS) is 15.1. The van der Waals surface area contributed by atoms with Crippen molar-refractivity contribution < 1.29 is 9.59 Å². The number of amides is 2. The number of carbonyl (C=O) groups is 2. The Labute approximate surface area is 183 Å². The van der Waals surface area contributed by atoms with Crippen molar-refractivity contribution in [1.29, 1.82) is 0 Å². The Morgan fingerprint density at radius 2 is 1.81 bits per heavy atom. The van der Waals surface area contributed by atoms with E-state index in [0.717, 1.165) is 16.8 Å². The summed E-state index contributed by atoms with van der Waals surface area (Å²) >= 11 is 6.20. The van der Waals surface area contributed by atoms with Gasteiger partial charge in [-0.05, 0) is 43.7 Å². The lowest BCUT2D eigenvalue weighted by atomic mass is 9.92. The highest BCUT2D eigenvalue weighted by molar-refractivity contribution is 6.33. The molecular formula is C22H20ClN5O3. The van der Waals surface area contributed by atoms with Crippen molar-refractivity contribution in [3.63, 3.8) is 0 Å². The average molecular weight is 438 g/mol. The second-order valence-electron chi connectivity index (χ2n) is 7.45. The fraction of sp³-hybridized carbons (Fsp3) is 0.182. The number of benzene rings is 2. The zero-order chi connectivity index (χ0) is 22.1. The first kappa shape index (κ1) is 20.6. The predicted molar refractivity (Wildman–Crippen MR) is 120 cm³/mol. The van der Waals surface area contributed by atoms with Crippen LogP contribution >= 0.6 is 11.6 Å². The minimum absolute atomic E-state index is 0.0600. The number of H-pyrrole nitrogens is 1. The van der Waals surface area contributed by atoms with E-state index in [9.17, 15) is 14.4 Å². The van der Waals surface area contributed by atoms with E-state index in [-0.39, 0.29) is 23.8 Å². The Bertz CT molecular complexity index is 1240. The summed E-state index contributed by atoms with van der Waals surface area (Å²) in [6.07, 6.45) is -0.169. The summed E-state index contributed by atoms with van der Waals surface area (Å²) in [5, 5.41) is 8.67. The molecule has 9 heteroatoms. The molecule has 4 N–H and O–H groups in total. The van der Waals surface area contributed by atoms with Gasteiger partial charge in [-0.25, -0.2) is 0 Å². The quantitative estimate of drug-likeness (QED) is 0.494. The molecule has 1 aliphatic heterocycles. The molecule has 8 nitrogen and oxygen atoms in total. The Balaban J connectivity index is 1.64. The number of aryl methyl sites for hydroxylation is 2. The highest BCUT2D eigenvalue weighted by Crippen LogP contribution is 2.31. The van der Waals surface area contributed by atoms with E-state index in [1.807, 2.05) is 38.1 Å². The Hall–Kier alpha value is -3.65. The number of aromatic nitrogens is 2. The fourth-order valence-corrected chi connectivity index (χ4v) is 3.65. The zero-order valence-electron chi connectivity index (χ0n) is 16.9. The first-order valence-corrected chi connectivity index (χ1v) is 10.0. The van der Waals surface area contributed by atoms with Crippen molar-refractivity contribution in [3.05, 3.63) is 74.5 Å². The largest absolute Gasteiger partial charge is 0.326 e. The zero-order valence-corrected chi connectivity index (χ0v) is 17.6. The average Bonchev–Trinajstić information content (AvgIpc) is 2.71. The maximum Gasteiger partial charge on any atom is 0.258 e. The summed E-state index contributed by atoms with van der Waals surface area (Å²) in [7, 11) is 0. The minimum Gasteiger partial charge on any atom is -0.326 e. The molecule has 1 aliphatic rings. The van der Waals surface area contributed by atoms with Crippen molar-refractivity contribution in [1.82, 2.24) is 9.97 Å². The van der Waals surface area contributed by atoms with Crippen LogP contribution in [0.25, 0.3) is 0 Å². The van der Waals surface area contributed by atoms with Gasteiger partial charge in [-0.2, -0.15) is 4.98 Å². The molecule has 2 amide bonds. The molecule has 0 radical (unpaired) electrons. The van der Waals surface area contributed by atoms with Gasteiger partial charge in [0.2, 0.25) is 17.8 Å². The van der Waals surface area contributed by atoms with E-state index in [4.69, 9.17) is 11.6 Å². The number of rotatable bonds is 4. The standard InChI is InChI=1S/C22H20ClN5O3/c1-11-3-6-13(7-4-11)24-22-27-19-18(21(31)28-22)14(10-17(29)26-19)20(30)25-16-8-5-12(2)9-15(16)23/h3-9,14H,10H2,1-2H3,(H,25,30)(H3,24,26,27,28,29,31)/t14-/m0/s1. The SMILES string of the molecule is Cc1ccc(Nc2nc3c(c(=O)[nH]2)[C@@H](C(=O)Nc2ccc(C)cc2Cl)CC(=O)N3)cc1. The Kier molecular flexibility index (Phi) is 5.48. The maximum atomic E-state index is 12.9. The molecule has 31 heavy (non-hydrogen) atoms.